The number of amides is 1. The molecule has 0 bridgehead atoms. The Morgan fingerprint density at radius 3 is 2.76 bits per heavy atom. The highest BCUT2D eigenvalue weighted by Gasteiger charge is 2.10. The predicted molar refractivity (Wildman–Crippen MR) is 88.7 cm³/mol. The molecule has 0 aliphatic heterocycles. The van der Waals surface area contributed by atoms with Crippen molar-refractivity contribution in [2.24, 2.45) is 5.92 Å². The van der Waals surface area contributed by atoms with E-state index in [1.54, 1.807) is 12.3 Å². The predicted octanol–water partition coefficient (Wildman–Crippen LogP) is 3.85. The Kier molecular flexibility index (Phi) is 8.48. The summed E-state index contributed by atoms with van der Waals surface area (Å²) in [6.07, 6.45) is 7.46. The van der Waals surface area contributed by atoms with Gasteiger partial charge in [-0.2, -0.15) is 0 Å². The molecule has 0 fully saturated rings. The summed E-state index contributed by atoms with van der Waals surface area (Å²) < 4.78 is 0. The quantitative estimate of drug-likeness (QED) is 0.688. The van der Waals surface area contributed by atoms with Crippen LogP contribution in [0.1, 0.15) is 63.2 Å². The monoisotopic (exact) mass is 291 g/mol. The minimum absolute atomic E-state index is 0.00750. The molecule has 0 aromatic carbocycles. The molecule has 1 atom stereocenters. The molecule has 1 rings (SSSR count). The Bertz CT molecular complexity index is 420. The van der Waals surface area contributed by atoms with Crippen LogP contribution < -0.4 is 10.6 Å². The number of carbonyl (C=O) groups is 1. The lowest BCUT2D eigenvalue weighted by atomic mass is 9.99. The van der Waals surface area contributed by atoms with Gasteiger partial charge in [0.25, 0.3) is 5.91 Å². The number of carbonyl (C=O) groups excluding carboxylic acids is 1. The number of nitrogens with zero attached hydrogens (tertiary/aromatic N) is 1. The minimum atomic E-state index is -0.00750. The summed E-state index contributed by atoms with van der Waals surface area (Å²) in [4.78, 5) is 16.4. The second kappa shape index (κ2) is 10.2. The van der Waals surface area contributed by atoms with Gasteiger partial charge in [-0.15, -0.1) is 0 Å². The number of aromatic nitrogens is 1. The zero-order valence-corrected chi connectivity index (χ0v) is 13.6. The van der Waals surface area contributed by atoms with Gasteiger partial charge in [0, 0.05) is 24.8 Å². The molecule has 1 aromatic heterocycles. The first kappa shape index (κ1) is 17.5. The molecule has 4 nitrogen and oxygen atoms in total. The van der Waals surface area contributed by atoms with Crippen LogP contribution in [0, 0.1) is 5.92 Å². The standard InChI is InChI=1S/C17H29N3O/c1-4-7-8-14(6-3)13-20-17(21)15-9-11-19-16(12-15)18-10-5-2/h9,11-12,14H,4-8,10,13H2,1-3H3,(H,18,19)(H,20,21). The molecule has 118 valence electrons. The van der Waals surface area contributed by atoms with Crippen molar-refractivity contribution in [1.82, 2.24) is 10.3 Å². The Hall–Kier alpha value is -1.58. The molecule has 0 saturated carbocycles. The van der Waals surface area contributed by atoms with Crippen molar-refractivity contribution >= 4 is 11.7 Å². The average molecular weight is 291 g/mol. The number of rotatable bonds is 10. The molecule has 0 saturated heterocycles. The van der Waals surface area contributed by atoms with Gasteiger partial charge >= 0.3 is 0 Å². The van der Waals surface area contributed by atoms with Crippen LogP contribution in [0.5, 0.6) is 0 Å². The third-order valence-corrected chi connectivity index (χ3v) is 3.67. The third kappa shape index (κ3) is 6.61. The fourth-order valence-corrected chi connectivity index (χ4v) is 2.20. The van der Waals surface area contributed by atoms with E-state index in [0.29, 0.717) is 11.5 Å². The molecule has 1 amide bonds. The largest absolute Gasteiger partial charge is 0.370 e. The average Bonchev–Trinajstić information content (AvgIpc) is 2.53. The molecule has 0 aliphatic rings. The van der Waals surface area contributed by atoms with E-state index in [0.717, 1.165) is 31.7 Å². The van der Waals surface area contributed by atoms with Crippen molar-refractivity contribution in [3.05, 3.63) is 23.9 Å². The van der Waals surface area contributed by atoms with E-state index in [1.807, 2.05) is 6.07 Å². The van der Waals surface area contributed by atoms with Gasteiger partial charge in [0.1, 0.15) is 5.82 Å². The van der Waals surface area contributed by atoms with Crippen LogP contribution in [-0.2, 0) is 0 Å². The smallest absolute Gasteiger partial charge is 0.251 e. The molecule has 0 radical (unpaired) electrons. The highest BCUT2D eigenvalue weighted by molar-refractivity contribution is 5.94. The van der Waals surface area contributed by atoms with E-state index >= 15 is 0 Å². The summed E-state index contributed by atoms with van der Waals surface area (Å²) in [5.74, 6) is 1.34. The third-order valence-electron chi connectivity index (χ3n) is 3.67. The van der Waals surface area contributed by atoms with Crippen LogP contribution >= 0.6 is 0 Å². The first-order valence-electron chi connectivity index (χ1n) is 8.19. The van der Waals surface area contributed by atoms with Crippen LogP contribution in [0.4, 0.5) is 5.82 Å². The second-order valence-corrected chi connectivity index (χ2v) is 5.48. The Morgan fingerprint density at radius 1 is 1.29 bits per heavy atom. The van der Waals surface area contributed by atoms with E-state index in [1.165, 1.54) is 19.3 Å². The van der Waals surface area contributed by atoms with Crippen LogP contribution in [-0.4, -0.2) is 24.0 Å². The lowest BCUT2D eigenvalue weighted by molar-refractivity contribution is 0.0945. The highest BCUT2D eigenvalue weighted by atomic mass is 16.1. The molecule has 0 spiro atoms. The van der Waals surface area contributed by atoms with Crippen molar-refractivity contribution in [2.75, 3.05) is 18.4 Å². The lowest BCUT2D eigenvalue weighted by Gasteiger charge is -2.15. The molecular weight excluding hydrogens is 262 g/mol. The number of hydrogen-bond donors (Lipinski definition) is 2. The molecule has 0 aliphatic carbocycles. The van der Waals surface area contributed by atoms with Gasteiger partial charge < -0.3 is 10.6 Å². The van der Waals surface area contributed by atoms with Gasteiger partial charge in [-0.05, 0) is 30.9 Å². The maximum absolute atomic E-state index is 12.2. The fourth-order valence-electron chi connectivity index (χ4n) is 2.20. The molecule has 21 heavy (non-hydrogen) atoms. The first-order valence-corrected chi connectivity index (χ1v) is 8.19. The van der Waals surface area contributed by atoms with Gasteiger partial charge in [-0.25, -0.2) is 4.98 Å². The highest BCUT2D eigenvalue weighted by Crippen LogP contribution is 2.12. The molecular formula is C17H29N3O. The summed E-state index contributed by atoms with van der Waals surface area (Å²) >= 11 is 0. The van der Waals surface area contributed by atoms with Crippen LogP contribution in [0.15, 0.2) is 18.3 Å². The van der Waals surface area contributed by atoms with E-state index in [-0.39, 0.29) is 5.91 Å². The van der Waals surface area contributed by atoms with Gasteiger partial charge in [0.15, 0.2) is 0 Å². The van der Waals surface area contributed by atoms with Crippen LogP contribution in [0.3, 0.4) is 0 Å². The van der Waals surface area contributed by atoms with Crippen molar-refractivity contribution < 1.29 is 4.79 Å². The number of pyridine rings is 1. The molecule has 2 N–H and O–H groups in total. The molecule has 1 aromatic rings. The van der Waals surface area contributed by atoms with E-state index in [2.05, 4.69) is 36.4 Å². The maximum Gasteiger partial charge on any atom is 0.251 e. The molecule has 4 heteroatoms. The first-order chi connectivity index (χ1) is 10.2. The fraction of sp³-hybridized carbons (Fsp3) is 0.647. The van der Waals surface area contributed by atoms with Gasteiger partial charge in [0.2, 0.25) is 0 Å². The zero-order valence-electron chi connectivity index (χ0n) is 13.6. The minimum Gasteiger partial charge on any atom is -0.370 e. The summed E-state index contributed by atoms with van der Waals surface area (Å²) in [5, 5.41) is 6.25. The normalized spacial score (nSPS) is 12.0. The lowest BCUT2D eigenvalue weighted by Crippen LogP contribution is -2.29. The van der Waals surface area contributed by atoms with E-state index in [4.69, 9.17) is 0 Å². The summed E-state index contributed by atoms with van der Waals surface area (Å²) in [6, 6.07) is 3.58. The Balaban J connectivity index is 2.50. The van der Waals surface area contributed by atoms with Gasteiger partial charge in [-0.3, -0.25) is 4.79 Å². The van der Waals surface area contributed by atoms with Gasteiger partial charge in [-0.1, -0.05) is 40.0 Å². The topological polar surface area (TPSA) is 54.0 Å². The van der Waals surface area contributed by atoms with Crippen LogP contribution in [0.2, 0.25) is 0 Å². The maximum atomic E-state index is 12.2. The second-order valence-electron chi connectivity index (χ2n) is 5.48. The summed E-state index contributed by atoms with van der Waals surface area (Å²) in [6.45, 7) is 8.12. The Morgan fingerprint density at radius 2 is 2.10 bits per heavy atom. The summed E-state index contributed by atoms with van der Waals surface area (Å²) in [7, 11) is 0. The molecule has 1 heterocycles. The number of hydrogen-bond acceptors (Lipinski definition) is 3. The SMILES string of the molecule is CCCCC(CC)CNC(=O)c1ccnc(NCCC)c1. The van der Waals surface area contributed by atoms with Crippen molar-refractivity contribution in [3.8, 4) is 0 Å². The van der Waals surface area contributed by atoms with Crippen molar-refractivity contribution in [3.63, 3.8) is 0 Å². The van der Waals surface area contributed by atoms with E-state index < -0.39 is 0 Å². The summed E-state index contributed by atoms with van der Waals surface area (Å²) in [5.41, 5.74) is 0.675. The van der Waals surface area contributed by atoms with Gasteiger partial charge in [0.05, 0.1) is 0 Å². The molecule has 1 unspecified atom stereocenters. The Labute approximate surface area is 128 Å². The van der Waals surface area contributed by atoms with Crippen molar-refractivity contribution in [2.45, 2.75) is 52.9 Å². The number of nitrogens with one attached hydrogen (secondary N) is 2. The van der Waals surface area contributed by atoms with Crippen molar-refractivity contribution in [1.29, 1.82) is 0 Å². The van der Waals surface area contributed by atoms with E-state index in [9.17, 15) is 4.79 Å². The van der Waals surface area contributed by atoms with Crippen LogP contribution in [0.25, 0.3) is 0 Å². The zero-order chi connectivity index (χ0) is 15.5. The number of anilines is 1. The number of unbranched alkanes of at least 4 members (excludes halogenated alkanes) is 1.